The topological polar surface area (TPSA) is 17.1 Å². The smallest absolute Gasteiger partial charge is 0.137 e. The van der Waals surface area contributed by atoms with E-state index in [1.54, 1.807) is 0 Å². The molecule has 2 unspecified atom stereocenters. The fourth-order valence-corrected chi connectivity index (χ4v) is 5.32. The van der Waals surface area contributed by atoms with Crippen LogP contribution in [0.5, 0.6) is 0 Å². The minimum atomic E-state index is 0.430. The van der Waals surface area contributed by atoms with Gasteiger partial charge in [-0.25, -0.2) is 0 Å². The molecule has 2 saturated carbocycles. The fourth-order valence-electron chi connectivity index (χ4n) is 5.32. The number of carbonyl (C=O) groups excluding carboxylic acids is 1. The second-order valence-electron chi connectivity index (χ2n) is 7.75. The van der Waals surface area contributed by atoms with Crippen LogP contribution in [0, 0.1) is 29.6 Å². The van der Waals surface area contributed by atoms with Gasteiger partial charge in [0.05, 0.1) is 0 Å². The predicted molar refractivity (Wildman–Crippen MR) is 88.1 cm³/mol. The molecular weight excluding hydrogens is 256 g/mol. The summed E-state index contributed by atoms with van der Waals surface area (Å²) in [5.41, 5.74) is 0. The molecule has 0 aliphatic heterocycles. The second-order valence-corrected chi connectivity index (χ2v) is 7.75. The van der Waals surface area contributed by atoms with Gasteiger partial charge in [-0.2, -0.15) is 0 Å². The molecule has 0 heterocycles. The first-order valence-corrected chi connectivity index (χ1v) is 9.52. The van der Waals surface area contributed by atoms with Gasteiger partial charge in [-0.05, 0) is 36.5 Å². The molecule has 21 heavy (non-hydrogen) atoms. The molecule has 0 amide bonds. The molecule has 0 aromatic rings. The molecule has 0 saturated heterocycles. The number of fused-ring (bicyclic) bond motifs is 5. The minimum Gasteiger partial charge on any atom is -0.299 e. The molecule has 0 aromatic carbocycles. The molecule has 3 aliphatic carbocycles. The van der Waals surface area contributed by atoms with Gasteiger partial charge in [0.1, 0.15) is 5.78 Å². The van der Waals surface area contributed by atoms with Crippen LogP contribution in [0.3, 0.4) is 0 Å². The summed E-state index contributed by atoms with van der Waals surface area (Å²) in [4.78, 5) is 12.3. The highest BCUT2D eigenvalue weighted by Gasteiger charge is 2.54. The Morgan fingerprint density at radius 1 is 0.952 bits per heavy atom. The lowest BCUT2D eigenvalue weighted by Crippen LogP contribution is -2.21. The van der Waals surface area contributed by atoms with Crippen LogP contribution in [0.1, 0.15) is 77.6 Å². The number of hydrogen-bond acceptors (Lipinski definition) is 1. The summed E-state index contributed by atoms with van der Waals surface area (Å²) >= 11 is 0. The van der Waals surface area contributed by atoms with Gasteiger partial charge in [-0.3, -0.25) is 4.79 Å². The van der Waals surface area contributed by atoms with E-state index in [0.29, 0.717) is 17.6 Å². The molecule has 1 heteroatoms. The van der Waals surface area contributed by atoms with E-state index in [4.69, 9.17) is 0 Å². The van der Waals surface area contributed by atoms with Crippen molar-refractivity contribution in [3.63, 3.8) is 0 Å². The highest BCUT2D eigenvalue weighted by molar-refractivity contribution is 5.85. The summed E-state index contributed by atoms with van der Waals surface area (Å²) in [6.45, 7) is 2.28. The van der Waals surface area contributed by atoms with Crippen LogP contribution >= 0.6 is 0 Å². The normalized spacial score (nSPS) is 36.6. The number of ketones is 1. The number of hydrogen-bond donors (Lipinski definition) is 0. The molecule has 0 spiro atoms. The van der Waals surface area contributed by atoms with Gasteiger partial charge in [0.15, 0.2) is 0 Å². The maximum Gasteiger partial charge on any atom is 0.137 e. The van der Waals surface area contributed by atoms with Crippen LogP contribution < -0.4 is 0 Å². The van der Waals surface area contributed by atoms with Crippen molar-refractivity contribution in [1.29, 1.82) is 0 Å². The monoisotopic (exact) mass is 288 g/mol. The number of rotatable bonds is 9. The Kier molecular flexibility index (Phi) is 5.19. The second kappa shape index (κ2) is 7.11. The first-order valence-electron chi connectivity index (χ1n) is 9.52. The summed E-state index contributed by atoms with van der Waals surface area (Å²) in [5, 5.41) is 0. The number of unbranched alkanes of at least 4 members (excludes halogenated alkanes) is 7. The lowest BCUT2D eigenvalue weighted by atomic mass is 9.79. The standard InChI is InChI=1S/C20H32O/c1-2-3-4-5-6-7-8-9-10-15-14-18(21)20-17-12-11-16(13-17)19(15)20/h11-12,15-17,19-20H,2-10,13-14H2,1H3/t15-,16?,17?,19-,20-/m0/s1. The summed E-state index contributed by atoms with van der Waals surface area (Å²) in [5.74, 6) is 3.86. The molecule has 0 aromatic heterocycles. The molecule has 0 radical (unpaired) electrons. The van der Waals surface area contributed by atoms with Crippen molar-refractivity contribution in [3.8, 4) is 0 Å². The third-order valence-corrected chi connectivity index (χ3v) is 6.33. The molecule has 118 valence electrons. The van der Waals surface area contributed by atoms with Crippen molar-refractivity contribution >= 4 is 5.78 Å². The molecule has 0 N–H and O–H groups in total. The van der Waals surface area contributed by atoms with Crippen molar-refractivity contribution in [3.05, 3.63) is 12.2 Å². The Balaban J connectivity index is 1.33. The first-order chi connectivity index (χ1) is 10.3. The third kappa shape index (κ3) is 3.27. The summed E-state index contributed by atoms with van der Waals surface area (Å²) in [6, 6.07) is 0. The average Bonchev–Trinajstić information content (AvgIpc) is 3.16. The van der Waals surface area contributed by atoms with Crippen molar-refractivity contribution in [2.45, 2.75) is 77.6 Å². The highest BCUT2D eigenvalue weighted by Crippen LogP contribution is 2.57. The predicted octanol–water partition coefficient (Wildman–Crippen LogP) is 5.54. The third-order valence-electron chi connectivity index (χ3n) is 6.33. The van der Waals surface area contributed by atoms with Gasteiger partial charge in [-0.15, -0.1) is 0 Å². The molecule has 1 nitrogen and oxygen atoms in total. The summed E-state index contributed by atoms with van der Waals surface area (Å²) < 4.78 is 0. The Bertz CT molecular complexity index is 383. The van der Waals surface area contributed by atoms with Crippen molar-refractivity contribution in [2.24, 2.45) is 29.6 Å². The molecule has 5 atom stereocenters. The molecule has 3 aliphatic rings. The van der Waals surface area contributed by atoms with E-state index in [9.17, 15) is 4.79 Å². The van der Waals surface area contributed by atoms with Crippen molar-refractivity contribution < 1.29 is 4.79 Å². The molecule has 2 fully saturated rings. The van der Waals surface area contributed by atoms with E-state index in [1.165, 1.54) is 64.2 Å². The zero-order valence-corrected chi connectivity index (χ0v) is 13.7. The van der Waals surface area contributed by atoms with Crippen LogP contribution in [0.4, 0.5) is 0 Å². The van der Waals surface area contributed by atoms with E-state index in [-0.39, 0.29) is 0 Å². The fraction of sp³-hybridized carbons (Fsp3) is 0.850. The van der Waals surface area contributed by atoms with Crippen LogP contribution in [0.15, 0.2) is 12.2 Å². The maximum atomic E-state index is 12.3. The Hall–Kier alpha value is -0.590. The quantitative estimate of drug-likeness (QED) is 0.402. The van der Waals surface area contributed by atoms with Gasteiger partial charge in [0, 0.05) is 12.3 Å². The molecule has 2 bridgehead atoms. The van der Waals surface area contributed by atoms with Crippen molar-refractivity contribution in [1.82, 2.24) is 0 Å². The van der Waals surface area contributed by atoms with Gasteiger partial charge in [-0.1, -0.05) is 70.4 Å². The highest BCUT2D eigenvalue weighted by atomic mass is 16.1. The van der Waals surface area contributed by atoms with Gasteiger partial charge in [0.2, 0.25) is 0 Å². The minimum absolute atomic E-state index is 0.430. The van der Waals surface area contributed by atoms with E-state index < -0.39 is 0 Å². The lowest BCUT2D eigenvalue weighted by molar-refractivity contribution is -0.121. The zero-order chi connectivity index (χ0) is 14.7. The first kappa shape index (κ1) is 15.3. The van der Waals surface area contributed by atoms with E-state index in [0.717, 1.165) is 24.2 Å². The number of allylic oxidation sites excluding steroid dienone is 2. The number of carbonyl (C=O) groups is 1. The van der Waals surface area contributed by atoms with Crippen LogP contribution in [0.2, 0.25) is 0 Å². The summed E-state index contributed by atoms with van der Waals surface area (Å²) in [7, 11) is 0. The number of Topliss-reactive ketones (excluding diaryl/α,β-unsaturated/α-hetero) is 1. The Morgan fingerprint density at radius 3 is 2.38 bits per heavy atom. The maximum absolute atomic E-state index is 12.3. The Morgan fingerprint density at radius 2 is 1.62 bits per heavy atom. The van der Waals surface area contributed by atoms with Gasteiger partial charge in [0.25, 0.3) is 0 Å². The van der Waals surface area contributed by atoms with Crippen LogP contribution in [0.25, 0.3) is 0 Å². The summed E-state index contributed by atoms with van der Waals surface area (Å²) in [6.07, 6.45) is 19.4. The van der Waals surface area contributed by atoms with E-state index in [2.05, 4.69) is 19.1 Å². The SMILES string of the molecule is CCCCCCCCCC[C@H]1CC(=O)[C@@H]2C3C=CC(C3)[C@H]12. The largest absolute Gasteiger partial charge is 0.299 e. The van der Waals surface area contributed by atoms with Gasteiger partial charge >= 0.3 is 0 Å². The van der Waals surface area contributed by atoms with Gasteiger partial charge < -0.3 is 0 Å². The Labute approximate surface area is 130 Å². The van der Waals surface area contributed by atoms with Crippen LogP contribution in [-0.2, 0) is 4.79 Å². The lowest BCUT2D eigenvalue weighted by Gasteiger charge is -2.24. The average molecular weight is 288 g/mol. The van der Waals surface area contributed by atoms with Crippen molar-refractivity contribution in [2.75, 3.05) is 0 Å². The van der Waals surface area contributed by atoms with E-state index in [1.807, 2.05) is 0 Å². The molecular formula is C20H32O. The zero-order valence-electron chi connectivity index (χ0n) is 13.7. The van der Waals surface area contributed by atoms with E-state index >= 15 is 0 Å². The van der Waals surface area contributed by atoms with Crippen LogP contribution in [-0.4, -0.2) is 5.78 Å². The molecule has 3 rings (SSSR count).